The van der Waals surface area contributed by atoms with Crippen LogP contribution in [0.3, 0.4) is 0 Å². The molecule has 2 nitrogen and oxygen atoms in total. The zero-order valence-electron chi connectivity index (χ0n) is 11.5. The second-order valence-corrected chi connectivity index (χ2v) is 6.33. The van der Waals surface area contributed by atoms with E-state index in [9.17, 15) is 0 Å². The maximum atomic E-state index is 3.57. The first-order valence-electron chi connectivity index (χ1n) is 7.34. The third kappa shape index (κ3) is 4.71. The lowest BCUT2D eigenvalue weighted by Crippen LogP contribution is -2.39. The van der Waals surface area contributed by atoms with Gasteiger partial charge in [0.25, 0.3) is 0 Å². The largest absolute Gasteiger partial charge is 0.315 e. The van der Waals surface area contributed by atoms with Gasteiger partial charge in [-0.3, -0.25) is 0 Å². The van der Waals surface area contributed by atoms with Crippen LogP contribution in [0.15, 0.2) is 17.5 Å². The van der Waals surface area contributed by atoms with Crippen molar-refractivity contribution in [2.24, 2.45) is 5.92 Å². The normalized spacial score (nSPS) is 21.3. The Morgan fingerprint density at radius 2 is 2.39 bits per heavy atom. The van der Waals surface area contributed by atoms with Crippen molar-refractivity contribution in [1.29, 1.82) is 0 Å². The van der Waals surface area contributed by atoms with Gasteiger partial charge in [-0.25, -0.2) is 0 Å². The molecule has 1 N–H and O–H groups in total. The molecule has 0 aliphatic carbocycles. The minimum absolute atomic E-state index is 0.949. The van der Waals surface area contributed by atoms with Crippen LogP contribution in [0.25, 0.3) is 0 Å². The van der Waals surface area contributed by atoms with Gasteiger partial charge in [-0.2, -0.15) is 0 Å². The second-order valence-electron chi connectivity index (χ2n) is 5.30. The van der Waals surface area contributed by atoms with Gasteiger partial charge in [0.05, 0.1) is 0 Å². The summed E-state index contributed by atoms with van der Waals surface area (Å²) in [6.45, 7) is 8.44. The Morgan fingerprint density at radius 1 is 1.44 bits per heavy atom. The lowest BCUT2D eigenvalue weighted by molar-refractivity contribution is 0.172. The molecule has 1 aromatic heterocycles. The van der Waals surface area contributed by atoms with Crippen LogP contribution in [0.1, 0.15) is 31.1 Å². The van der Waals surface area contributed by atoms with E-state index in [4.69, 9.17) is 0 Å². The highest BCUT2D eigenvalue weighted by Gasteiger charge is 2.17. The molecule has 0 aromatic carbocycles. The Kier molecular flexibility index (Phi) is 6.18. The van der Waals surface area contributed by atoms with Crippen molar-refractivity contribution in [3.05, 3.63) is 22.4 Å². The molecule has 1 fully saturated rings. The second kappa shape index (κ2) is 7.93. The van der Waals surface area contributed by atoms with E-state index < -0.39 is 0 Å². The van der Waals surface area contributed by atoms with Gasteiger partial charge in [0, 0.05) is 31.1 Å². The van der Waals surface area contributed by atoms with Crippen LogP contribution >= 0.6 is 11.3 Å². The number of nitrogens with zero attached hydrogens (tertiary/aromatic N) is 1. The average molecular weight is 266 g/mol. The molecule has 0 bridgehead atoms. The Balaban J connectivity index is 1.52. The highest BCUT2D eigenvalue weighted by Crippen LogP contribution is 2.18. The van der Waals surface area contributed by atoms with Gasteiger partial charge < -0.3 is 10.2 Å². The van der Waals surface area contributed by atoms with Gasteiger partial charge in [0.1, 0.15) is 0 Å². The van der Waals surface area contributed by atoms with Crippen LogP contribution in [-0.2, 0) is 6.42 Å². The van der Waals surface area contributed by atoms with Crippen LogP contribution in [0, 0.1) is 5.92 Å². The lowest BCUT2D eigenvalue weighted by atomic mass is 9.96. The van der Waals surface area contributed by atoms with Crippen molar-refractivity contribution >= 4 is 11.3 Å². The van der Waals surface area contributed by atoms with E-state index in [1.54, 1.807) is 0 Å². The van der Waals surface area contributed by atoms with Gasteiger partial charge in [-0.15, -0.1) is 11.3 Å². The summed E-state index contributed by atoms with van der Waals surface area (Å²) >= 11 is 1.86. The molecule has 0 spiro atoms. The van der Waals surface area contributed by atoms with E-state index >= 15 is 0 Å². The molecule has 0 amide bonds. The molecule has 1 atom stereocenters. The zero-order valence-corrected chi connectivity index (χ0v) is 12.3. The first kappa shape index (κ1) is 14.0. The molecule has 3 heteroatoms. The molecule has 102 valence electrons. The first-order chi connectivity index (χ1) is 8.88. The van der Waals surface area contributed by atoms with E-state index in [0.29, 0.717) is 0 Å². The standard InChI is InChI=1S/C15H26N2S/c1-2-14-5-3-10-17(13-14)11-9-16-8-7-15-6-4-12-18-15/h4,6,12,14,16H,2-3,5,7-11,13H2,1H3. The fourth-order valence-corrected chi connectivity index (χ4v) is 3.43. The Hall–Kier alpha value is -0.380. The van der Waals surface area contributed by atoms with Crippen molar-refractivity contribution < 1.29 is 0 Å². The van der Waals surface area contributed by atoms with Crippen LogP contribution < -0.4 is 5.32 Å². The van der Waals surface area contributed by atoms with E-state index in [-0.39, 0.29) is 0 Å². The van der Waals surface area contributed by atoms with Gasteiger partial charge in [0.15, 0.2) is 0 Å². The molecule has 0 radical (unpaired) electrons. The molecule has 18 heavy (non-hydrogen) atoms. The van der Waals surface area contributed by atoms with Crippen molar-refractivity contribution in [3.8, 4) is 0 Å². The Bertz CT molecular complexity index is 310. The van der Waals surface area contributed by atoms with Crippen molar-refractivity contribution in [2.75, 3.05) is 32.7 Å². The third-order valence-electron chi connectivity index (χ3n) is 3.91. The fourth-order valence-electron chi connectivity index (χ4n) is 2.72. The Morgan fingerprint density at radius 3 is 3.17 bits per heavy atom. The molecule has 1 aliphatic heterocycles. The Labute approximate surface area is 115 Å². The zero-order chi connectivity index (χ0) is 12.6. The number of piperidine rings is 1. The number of hydrogen-bond acceptors (Lipinski definition) is 3. The van der Waals surface area contributed by atoms with E-state index in [1.807, 2.05) is 11.3 Å². The summed E-state index contributed by atoms with van der Waals surface area (Å²) in [5.41, 5.74) is 0. The smallest absolute Gasteiger partial charge is 0.0107 e. The number of hydrogen-bond donors (Lipinski definition) is 1. The van der Waals surface area contributed by atoms with Gasteiger partial charge in [-0.05, 0) is 43.2 Å². The highest BCUT2D eigenvalue weighted by atomic mass is 32.1. The molecule has 1 saturated heterocycles. The molecule has 1 aliphatic rings. The maximum Gasteiger partial charge on any atom is 0.0107 e. The highest BCUT2D eigenvalue weighted by molar-refractivity contribution is 7.09. The molecule has 1 aromatic rings. The van der Waals surface area contributed by atoms with Gasteiger partial charge in [-0.1, -0.05) is 19.4 Å². The van der Waals surface area contributed by atoms with Crippen LogP contribution in [0.4, 0.5) is 0 Å². The van der Waals surface area contributed by atoms with Crippen LogP contribution in [0.2, 0.25) is 0 Å². The summed E-state index contributed by atoms with van der Waals surface area (Å²) in [5, 5.41) is 5.73. The van der Waals surface area contributed by atoms with Gasteiger partial charge in [0.2, 0.25) is 0 Å². The van der Waals surface area contributed by atoms with Gasteiger partial charge >= 0.3 is 0 Å². The third-order valence-corrected chi connectivity index (χ3v) is 4.85. The quantitative estimate of drug-likeness (QED) is 0.763. The summed E-state index contributed by atoms with van der Waals surface area (Å²) in [4.78, 5) is 4.13. The molecule has 0 saturated carbocycles. The predicted molar refractivity (Wildman–Crippen MR) is 80.3 cm³/mol. The summed E-state index contributed by atoms with van der Waals surface area (Å²) < 4.78 is 0. The lowest BCUT2D eigenvalue weighted by Gasteiger charge is -2.32. The molecule has 1 unspecified atom stereocenters. The summed E-state index contributed by atoms with van der Waals surface area (Å²) in [7, 11) is 0. The number of rotatable bonds is 7. The molecule has 2 rings (SSSR count). The minimum Gasteiger partial charge on any atom is -0.315 e. The number of thiophene rings is 1. The summed E-state index contributed by atoms with van der Waals surface area (Å²) in [6.07, 6.45) is 5.37. The SMILES string of the molecule is CCC1CCCN(CCNCCc2cccs2)C1. The van der Waals surface area contributed by atoms with E-state index in [1.165, 1.54) is 50.2 Å². The van der Waals surface area contributed by atoms with E-state index in [0.717, 1.165) is 19.0 Å². The van der Waals surface area contributed by atoms with E-state index in [2.05, 4.69) is 34.7 Å². The molecular weight excluding hydrogens is 240 g/mol. The first-order valence-corrected chi connectivity index (χ1v) is 8.22. The van der Waals surface area contributed by atoms with Crippen LogP contribution in [-0.4, -0.2) is 37.6 Å². The summed E-state index contributed by atoms with van der Waals surface area (Å²) in [5.74, 6) is 0.949. The number of likely N-dealkylation sites (tertiary alicyclic amines) is 1. The predicted octanol–water partition coefficient (Wildman–Crippen LogP) is 3.00. The number of nitrogens with one attached hydrogen (secondary N) is 1. The van der Waals surface area contributed by atoms with Crippen molar-refractivity contribution in [3.63, 3.8) is 0 Å². The molecule has 2 heterocycles. The fraction of sp³-hybridized carbons (Fsp3) is 0.733. The van der Waals surface area contributed by atoms with Crippen molar-refractivity contribution in [1.82, 2.24) is 10.2 Å². The topological polar surface area (TPSA) is 15.3 Å². The monoisotopic (exact) mass is 266 g/mol. The molecular formula is C15H26N2S. The van der Waals surface area contributed by atoms with Crippen molar-refractivity contribution in [2.45, 2.75) is 32.6 Å². The summed E-state index contributed by atoms with van der Waals surface area (Å²) in [6, 6.07) is 4.36. The minimum atomic E-state index is 0.949. The van der Waals surface area contributed by atoms with Crippen LogP contribution in [0.5, 0.6) is 0 Å². The average Bonchev–Trinajstić information content (AvgIpc) is 2.92. The maximum absolute atomic E-state index is 3.57.